The van der Waals surface area contributed by atoms with Gasteiger partial charge in [0.1, 0.15) is 0 Å². The molecule has 0 spiro atoms. The first kappa shape index (κ1) is 21.5. The third kappa shape index (κ3) is 3.52. The first-order chi connectivity index (χ1) is 12.4. The van der Waals surface area contributed by atoms with Gasteiger partial charge in [0.05, 0.1) is 6.67 Å². The molecule has 0 saturated carbocycles. The molecule has 2 aromatic rings. The number of anilines is 2. The number of benzene rings is 2. The van der Waals surface area contributed by atoms with Crippen molar-refractivity contribution >= 4 is 11.4 Å². The number of nitrogens with zero attached hydrogens (tertiary/aromatic N) is 2. The van der Waals surface area contributed by atoms with Crippen LogP contribution in [0.2, 0.25) is 0 Å². The molecule has 0 atom stereocenters. The van der Waals surface area contributed by atoms with Gasteiger partial charge in [0, 0.05) is 11.4 Å². The summed E-state index contributed by atoms with van der Waals surface area (Å²) in [5.74, 6) is 0. The van der Waals surface area contributed by atoms with Crippen LogP contribution >= 0.6 is 0 Å². The highest BCUT2D eigenvalue weighted by atomic mass is 15.3. The highest BCUT2D eigenvalue weighted by Crippen LogP contribution is 2.41. The Kier molecular flexibility index (Phi) is 6.11. The van der Waals surface area contributed by atoms with Crippen molar-refractivity contribution < 1.29 is 0 Å². The molecule has 0 fully saturated rings. The van der Waals surface area contributed by atoms with Crippen LogP contribution < -0.4 is 4.90 Å². The predicted octanol–water partition coefficient (Wildman–Crippen LogP) is 6.43. The van der Waals surface area contributed by atoms with Crippen LogP contribution in [0.3, 0.4) is 0 Å². The second-order valence-electron chi connectivity index (χ2n) is 8.60. The van der Waals surface area contributed by atoms with Crippen LogP contribution in [0, 0.1) is 69.2 Å². The van der Waals surface area contributed by atoms with Crippen molar-refractivity contribution in [2.24, 2.45) is 0 Å². The van der Waals surface area contributed by atoms with Gasteiger partial charge in [0.15, 0.2) is 0 Å². The third-order valence-corrected chi connectivity index (χ3v) is 6.88. The molecule has 0 radical (unpaired) electrons. The zero-order valence-corrected chi connectivity index (χ0v) is 19.6. The molecule has 2 rings (SSSR count). The van der Waals surface area contributed by atoms with Gasteiger partial charge in [-0.3, -0.25) is 4.90 Å². The van der Waals surface area contributed by atoms with E-state index in [0.29, 0.717) is 0 Å². The molecule has 0 saturated heterocycles. The summed E-state index contributed by atoms with van der Waals surface area (Å²) in [6.07, 6.45) is 0. The maximum atomic E-state index is 2.55. The van der Waals surface area contributed by atoms with Crippen molar-refractivity contribution in [1.29, 1.82) is 0 Å². The lowest BCUT2D eigenvalue weighted by Crippen LogP contribution is -2.32. The van der Waals surface area contributed by atoms with Crippen LogP contribution in [0.25, 0.3) is 0 Å². The molecule has 0 heterocycles. The maximum Gasteiger partial charge on any atom is 0.0752 e. The molecule has 0 aliphatic heterocycles. The molecule has 2 nitrogen and oxygen atoms in total. The van der Waals surface area contributed by atoms with Gasteiger partial charge in [-0.15, -0.1) is 0 Å². The highest BCUT2D eigenvalue weighted by molar-refractivity contribution is 5.78. The van der Waals surface area contributed by atoms with E-state index in [2.05, 4.69) is 93.1 Å². The Morgan fingerprint density at radius 1 is 0.407 bits per heavy atom. The van der Waals surface area contributed by atoms with Gasteiger partial charge in [0.2, 0.25) is 0 Å². The second-order valence-corrected chi connectivity index (χ2v) is 8.60. The summed E-state index contributed by atoms with van der Waals surface area (Å²) in [7, 11) is 4.31. The lowest BCUT2D eigenvalue weighted by atomic mass is 9.89. The normalized spacial score (nSPS) is 11.4. The van der Waals surface area contributed by atoms with Gasteiger partial charge < -0.3 is 4.90 Å². The molecule has 0 unspecified atom stereocenters. The van der Waals surface area contributed by atoms with E-state index in [0.717, 1.165) is 6.67 Å². The van der Waals surface area contributed by atoms with Crippen molar-refractivity contribution in [3.05, 3.63) is 55.6 Å². The summed E-state index contributed by atoms with van der Waals surface area (Å²) < 4.78 is 0. The van der Waals surface area contributed by atoms with E-state index in [1.165, 1.54) is 67.0 Å². The lowest BCUT2D eigenvalue weighted by molar-refractivity contribution is 0.417. The maximum absolute atomic E-state index is 2.55. The summed E-state index contributed by atoms with van der Waals surface area (Å²) in [5, 5.41) is 0. The Hall–Kier alpha value is -1.80. The van der Waals surface area contributed by atoms with E-state index in [9.17, 15) is 0 Å². The number of hydrogen-bond acceptors (Lipinski definition) is 2. The molecule has 0 bridgehead atoms. The van der Waals surface area contributed by atoms with Crippen LogP contribution in [0.4, 0.5) is 11.4 Å². The fourth-order valence-corrected chi connectivity index (χ4v) is 4.31. The van der Waals surface area contributed by atoms with Crippen LogP contribution in [0.5, 0.6) is 0 Å². The topological polar surface area (TPSA) is 6.48 Å². The summed E-state index contributed by atoms with van der Waals surface area (Å²) in [4.78, 5) is 4.82. The molecule has 0 aromatic heterocycles. The zero-order chi connectivity index (χ0) is 20.8. The molecule has 0 amide bonds. The van der Waals surface area contributed by atoms with Crippen molar-refractivity contribution in [3.63, 3.8) is 0 Å². The quantitative estimate of drug-likeness (QED) is 0.575. The van der Waals surface area contributed by atoms with Crippen molar-refractivity contribution in [1.82, 2.24) is 4.90 Å². The first-order valence-electron chi connectivity index (χ1n) is 9.97. The standard InChI is InChI=1S/C25H38N2/c1-14-16(3)20(7)24(21(8)17(14)4)27(13-26(11)12)25-22(9)18(5)15(2)19(6)23(25)10/h13H2,1-12H3. The minimum absolute atomic E-state index is 0.868. The molecule has 2 aromatic carbocycles. The molecular formula is C25H38N2. The molecule has 0 aliphatic carbocycles. The largest absolute Gasteiger partial charge is 0.327 e. The van der Waals surface area contributed by atoms with Crippen LogP contribution in [0.15, 0.2) is 0 Å². The SMILES string of the molecule is Cc1c(C)c(C)c(N(CN(C)C)c2c(C)c(C)c(C)c(C)c2C)c(C)c1C. The van der Waals surface area contributed by atoms with Crippen LogP contribution in [-0.4, -0.2) is 25.7 Å². The lowest BCUT2D eigenvalue weighted by Gasteiger charge is -2.36. The van der Waals surface area contributed by atoms with Gasteiger partial charge in [0.25, 0.3) is 0 Å². The monoisotopic (exact) mass is 366 g/mol. The Labute approximate surface area is 167 Å². The minimum atomic E-state index is 0.868. The number of rotatable bonds is 4. The molecule has 2 heteroatoms. The molecule has 0 aliphatic rings. The van der Waals surface area contributed by atoms with Gasteiger partial charge in [-0.05, 0) is 139 Å². The van der Waals surface area contributed by atoms with Gasteiger partial charge in [-0.25, -0.2) is 0 Å². The van der Waals surface area contributed by atoms with E-state index in [-0.39, 0.29) is 0 Å². The van der Waals surface area contributed by atoms with Gasteiger partial charge in [-0.2, -0.15) is 0 Å². The Bertz CT molecular complexity index is 761. The Morgan fingerprint density at radius 2 is 0.630 bits per heavy atom. The van der Waals surface area contributed by atoms with Gasteiger partial charge >= 0.3 is 0 Å². The minimum Gasteiger partial charge on any atom is -0.327 e. The van der Waals surface area contributed by atoms with E-state index >= 15 is 0 Å². The Morgan fingerprint density at radius 3 is 0.852 bits per heavy atom. The number of hydrogen-bond donors (Lipinski definition) is 0. The van der Waals surface area contributed by atoms with Crippen molar-refractivity contribution in [2.75, 3.05) is 25.7 Å². The highest BCUT2D eigenvalue weighted by Gasteiger charge is 2.24. The summed E-state index contributed by atoms with van der Waals surface area (Å²) in [6.45, 7) is 23.6. The molecule has 0 N–H and O–H groups in total. The van der Waals surface area contributed by atoms with Crippen LogP contribution in [-0.2, 0) is 0 Å². The van der Waals surface area contributed by atoms with E-state index < -0.39 is 0 Å². The van der Waals surface area contributed by atoms with Crippen molar-refractivity contribution in [3.8, 4) is 0 Å². The molecule has 27 heavy (non-hydrogen) atoms. The summed E-state index contributed by atoms with van der Waals surface area (Å²) >= 11 is 0. The molecular weight excluding hydrogens is 328 g/mol. The van der Waals surface area contributed by atoms with Gasteiger partial charge in [-0.1, -0.05) is 0 Å². The first-order valence-corrected chi connectivity index (χ1v) is 9.97. The van der Waals surface area contributed by atoms with Crippen LogP contribution in [0.1, 0.15) is 55.6 Å². The smallest absolute Gasteiger partial charge is 0.0752 e. The van der Waals surface area contributed by atoms with E-state index in [4.69, 9.17) is 0 Å². The average Bonchev–Trinajstić information content (AvgIpc) is 2.61. The van der Waals surface area contributed by atoms with E-state index in [1.807, 2.05) is 0 Å². The fraction of sp³-hybridized carbons (Fsp3) is 0.520. The summed E-state index contributed by atoms with van der Waals surface area (Å²) in [6, 6.07) is 0. The average molecular weight is 367 g/mol. The molecule has 148 valence electrons. The van der Waals surface area contributed by atoms with E-state index in [1.54, 1.807) is 0 Å². The zero-order valence-electron chi connectivity index (χ0n) is 19.6. The second kappa shape index (κ2) is 7.67. The predicted molar refractivity (Wildman–Crippen MR) is 121 cm³/mol. The third-order valence-electron chi connectivity index (χ3n) is 6.88. The summed E-state index contributed by atoms with van der Waals surface area (Å²) in [5.41, 5.74) is 16.8. The fourth-order valence-electron chi connectivity index (χ4n) is 4.31. The Balaban J connectivity index is 2.94. The van der Waals surface area contributed by atoms with Crippen molar-refractivity contribution in [2.45, 2.75) is 69.2 Å².